The molecule has 2 heterocycles. The lowest BCUT2D eigenvalue weighted by molar-refractivity contribution is -0.125. The number of aromatic nitrogens is 2. The fraction of sp³-hybridized carbons (Fsp3) is 0.476. The van der Waals surface area contributed by atoms with Gasteiger partial charge in [0.2, 0.25) is 11.9 Å². The van der Waals surface area contributed by atoms with Gasteiger partial charge in [-0.2, -0.15) is 0 Å². The van der Waals surface area contributed by atoms with Crippen LogP contribution in [0.15, 0.2) is 30.6 Å². The van der Waals surface area contributed by atoms with E-state index >= 15 is 0 Å². The van der Waals surface area contributed by atoms with Gasteiger partial charge < -0.3 is 10.2 Å². The summed E-state index contributed by atoms with van der Waals surface area (Å²) in [4.78, 5) is 23.3. The summed E-state index contributed by atoms with van der Waals surface area (Å²) in [7, 11) is 0. The van der Waals surface area contributed by atoms with Gasteiger partial charge in [0.1, 0.15) is 0 Å². The summed E-state index contributed by atoms with van der Waals surface area (Å²) < 4.78 is 0. The summed E-state index contributed by atoms with van der Waals surface area (Å²) in [6.45, 7) is 8.71. The Morgan fingerprint density at radius 2 is 1.88 bits per heavy atom. The van der Waals surface area contributed by atoms with Gasteiger partial charge in [-0.1, -0.05) is 17.7 Å². The number of amides is 1. The first-order valence-corrected chi connectivity index (χ1v) is 9.41. The van der Waals surface area contributed by atoms with Crippen molar-refractivity contribution >= 4 is 11.9 Å². The van der Waals surface area contributed by atoms with E-state index in [0.717, 1.165) is 31.8 Å². The van der Waals surface area contributed by atoms with Crippen molar-refractivity contribution in [3.8, 4) is 0 Å². The molecule has 1 unspecified atom stereocenters. The second kappa shape index (κ2) is 8.30. The Kier molecular flexibility index (Phi) is 5.86. The van der Waals surface area contributed by atoms with Gasteiger partial charge in [-0.25, -0.2) is 9.97 Å². The van der Waals surface area contributed by atoms with E-state index in [4.69, 9.17) is 0 Å². The van der Waals surface area contributed by atoms with E-state index in [-0.39, 0.29) is 11.8 Å². The number of aryl methyl sites for hydroxylation is 3. The number of nitrogens with zero attached hydrogens (tertiary/aromatic N) is 3. The molecule has 1 atom stereocenters. The quantitative estimate of drug-likeness (QED) is 0.899. The molecule has 1 aromatic carbocycles. The molecule has 1 amide bonds. The minimum absolute atomic E-state index is 0.00719. The SMILES string of the molecule is Cc1cc(C)c(CCNC(=O)C2CCCN(c3ncccn3)C2)c(C)c1. The summed E-state index contributed by atoms with van der Waals surface area (Å²) in [6.07, 6.45) is 6.29. The fourth-order valence-corrected chi connectivity index (χ4v) is 3.89. The molecule has 3 rings (SSSR count). The van der Waals surface area contributed by atoms with E-state index in [1.807, 2.05) is 6.07 Å². The maximum Gasteiger partial charge on any atom is 0.225 e. The van der Waals surface area contributed by atoms with Gasteiger partial charge in [-0.05, 0) is 62.8 Å². The van der Waals surface area contributed by atoms with Crippen molar-refractivity contribution in [3.05, 3.63) is 52.8 Å². The first-order chi connectivity index (χ1) is 12.5. The fourth-order valence-electron chi connectivity index (χ4n) is 3.89. The molecule has 1 saturated heterocycles. The molecule has 2 aromatic rings. The Labute approximate surface area is 155 Å². The first kappa shape index (κ1) is 18.4. The molecule has 0 saturated carbocycles. The van der Waals surface area contributed by atoms with Gasteiger partial charge >= 0.3 is 0 Å². The van der Waals surface area contributed by atoms with Crippen molar-refractivity contribution in [3.63, 3.8) is 0 Å². The molecule has 0 radical (unpaired) electrons. The zero-order chi connectivity index (χ0) is 18.5. The lowest BCUT2D eigenvalue weighted by atomic mass is 9.96. The molecule has 0 bridgehead atoms. The lowest BCUT2D eigenvalue weighted by Crippen LogP contribution is -2.44. The van der Waals surface area contributed by atoms with Crippen LogP contribution in [-0.2, 0) is 11.2 Å². The molecule has 26 heavy (non-hydrogen) atoms. The number of carbonyl (C=O) groups excluding carboxylic acids is 1. The molecule has 5 nitrogen and oxygen atoms in total. The van der Waals surface area contributed by atoms with Crippen LogP contribution < -0.4 is 10.2 Å². The van der Waals surface area contributed by atoms with E-state index < -0.39 is 0 Å². The predicted molar refractivity (Wildman–Crippen MR) is 104 cm³/mol. The number of carbonyl (C=O) groups is 1. The van der Waals surface area contributed by atoms with E-state index in [0.29, 0.717) is 13.1 Å². The third-order valence-electron chi connectivity index (χ3n) is 5.14. The molecule has 1 aromatic heterocycles. The first-order valence-electron chi connectivity index (χ1n) is 9.41. The third kappa shape index (κ3) is 4.40. The molecule has 0 spiro atoms. The van der Waals surface area contributed by atoms with Gasteiger partial charge in [0.25, 0.3) is 0 Å². The number of rotatable bonds is 5. The second-order valence-corrected chi connectivity index (χ2v) is 7.25. The van der Waals surface area contributed by atoms with E-state index in [1.54, 1.807) is 12.4 Å². The monoisotopic (exact) mass is 352 g/mol. The van der Waals surface area contributed by atoms with Gasteiger partial charge in [0, 0.05) is 32.0 Å². The van der Waals surface area contributed by atoms with Gasteiger partial charge in [0.05, 0.1) is 5.92 Å². The highest BCUT2D eigenvalue weighted by Gasteiger charge is 2.26. The van der Waals surface area contributed by atoms with Crippen LogP contribution in [0.25, 0.3) is 0 Å². The van der Waals surface area contributed by atoms with Crippen LogP contribution >= 0.6 is 0 Å². The Morgan fingerprint density at radius 1 is 1.19 bits per heavy atom. The molecule has 1 fully saturated rings. The number of benzene rings is 1. The Hall–Kier alpha value is -2.43. The highest BCUT2D eigenvalue weighted by Crippen LogP contribution is 2.20. The van der Waals surface area contributed by atoms with E-state index in [2.05, 4.69) is 53.1 Å². The lowest BCUT2D eigenvalue weighted by Gasteiger charge is -2.31. The van der Waals surface area contributed by atoms with Gasteiger partial charge in [-0.3, -0.25) is 4.79 Å². The van der Waals surface area contributed by atoms with Gasteiger partial charge in [-0.15, -0.1) is 0 Å². The molecule has 0 aliphatic carbocycles. The van der Waals surface area contributed by atoms with Crippen LogP contribution in [0.1, 0.15) is 35.1 Å². The molecule has 1 N–H and O–H groups in total. The van der Waals surface area contributed by atoms with Crippen LogP contribution in [0.4, 0.5) is 5.95 Å². The predicted octanol–water partition coefficient (Wildman–Crippen LogP) is 2.98. The van der Waals surface area contributed by atoms with Crippen LogP contribution in [0.3, 0.4) is 0 Å². The Bertz CT molecular complexity index is 737. The summed E-state index contributed by atoms with van der Waals surface area (Å²) in [5.74, 6) is 0.872. The number of anilines is 1. The molecule has 5 heteroatoms. The standard InChI is InChI=1S/C21H28N4O/c1-15-12-16(2)19(17(3)13-15)7-10-22-20(26)18-6-4-11-25(14-18)21-23-8-5-9-24-21/h5,8-9,12-13,18H,4,6-7,10-11,14H2,1-3H3,(H,22,26). The summed E-state index contributed by atoms with van der Waals surface area (Å²) in [6, 6.07) is 6.23. The Morgan fingerprint density at radius 3 is 2.58 bits per heavy atom. The average Bonchev–Trinajstić information content (AvgIpc) is 2.64. The smallest absolute Gasteiger partial charge is 0.225 e. The highest BCUT2D eigenvalue weighted by molar-refractivity contribution is 5.79. The normalized spacial score (nSPS) is 17.2. The van der Waals surface area contributed by atoms with Crippen molar-refractivity contribution in [2.45, 2.75) is 40.0 Å². The molecular formula is C21H28N4O. The van der Waals surface area contributed by atoms with E-state index in [1.165, 1.54) is 22.3 Å². The number of piperidine rings is 1. The molecule has 1 aliphatic heterocycles. The molecular weight excluding hydrogens is 324 g/mol. The minimum atomic E-state index is 0.00719. The maximum atomic E-state index is 12.6. The van der Waals surface area contributed by atoms with E-state index in [9.17, 15) is 4.79 Å². The zero-order valence-electron chi connectivity index (χ0n) is 16.0. The van der Waals surface area contributed by atoms with Crippen molar-refractivity contribution in [1.82, 2.24) is 15.3 Å². The van der Waals surface area contributed by atoms with Crippen LogP contribution in [0.2, 0.25) is 0 Å². The number of hydrogen-bond donors (Lipinski definition) is 1. The van der Waals surface area contributed by atoms with Crippen molar-refractivity contribution in [1.29, 1.82) is 0 Å². The van der Waals surface area contributed by atoms with Crippen LogP contribution in [0, 0.1) is 26.7 Å². The topological polar surface area (TPSA) is 58.1 Å². The highest BCUT2D eigenvalue weighted by atomic mass is 16.1. The van der Waals surface area contributed by atoms with Crippen molar-refractivity contribution in [2.75, 3.05) is 24.5 Å². The van der Waals surface area contributed by atoms with Crippen LogP contribution in [0.5, 0.6) is 0 Å². The number of nitrogens with one attached hydrogen (secondary N) is 1. The van der Waals surface area contributed by atoms with Crippen molar-refractivity contribution < 1.29 is 4.79 Å². The van der Waals surface area contributed by atoms with Gasteiger partial charge in [0.15, 0.2) is 0 Å². The minimum Gasteiger partial charge on any atom is -0.355 e. The second-order valence-electron chi connectivity index (χ2n) is 7.25. The Balaban J connectivity index is 1.54. The average molecular weight is 352 g/mol. The molecule has 1 aliphatic rings. The van der Waals surface area contributed by atoms with Crippen LogP contribution in [-0.4, -0.2) is 35.5 Å². The summed E-state index contributed by atoms with van der Waals surface area (Å²) in [5, 5.41) is 3.14. The zero-order valence-corrected chi connectivity index (χ0v) is 16.0. The third-order valence-corrected chi connectivity index (χ3v) is 5.14. The number of hydrogen-bond acceptors (Lipinski definition) is 4. The largest absolute Gasteiger partial charge is 0.355 e. The maximum absolute atomic E-state index is 12.6. The summed E-state index contributed by atoms with van der Waals surface area (Å²) in [5.41, 5.74) is 5.25. The van der Waals surface area contributed by atoms with Crippen molar-refractivity contribution in [2.24, 2.45) is 5.92 Å². The summed E-state index contributed by atoms with van der Waals surface area (Å²) >= 11 is 0. The molecule has 138 valence electrons.